The van der Waals surface area contributed by atoms with E-state index in [0.717, 1.165) is 0 Å². The van der Waals surface area contributed by atoms with Gasteiger partial charge in [-0.05, 0) is 13.8 Å². The zero-order valence-corrected chi connectivity index (χ0v) is 9.74. The fraction of sp³-hybridized carbons (Fsp3) is 0.455. The Morgan fingerprint density at radius 3 is 2.75 bits per heavy atom. The molecule has 0 amide bonds. The van der Waals surface area contributed by atoms with Gasteiger partial charge in [0.05, 0.1) is 18.9 Å². The highest BCUT2D eigenvalue weighted by Gasteiger charge is 2.16. The summed E-state index contributed by atoms with van der Waals surface area (Å²) in [6, 6.07) is 0. The van der Waals surface area contributed by atoms with Crippen molar-refractivity contribution in [2.45, 2.75) is 19.4 Å². The van der Waals surface area contributed by atoms with Crippen molar-refractivity contribution in [3.8, 4) is 11.8 Å². The monoisotopic (exact) mass is 222 g/mol. The topological polar surface area (TPSA) is 64.3 Å². The molecular formula is C11H14N2O3. The Bertz CT molecular complexity index is 458. The molecule has 0 aliphatic rings. The number of aromatic nitrogens is 2. The van der Waals surface area contributed by atoms with Crippen LogP contribution in [0.3, 0.4) is 0 Å². The molecule has 0 aromatic carbocycles. The zero-order valence-electron chi connectivity index (χ0n) is 9.74. The minimum absolute atomic E-state index is 0.277. The van der Waals surface area contributed by atoms with E-state index in [9.17, 15) is 9.90 Å². The lowest BCUT2D eigenvalue weighted by atomic mass is 10.1. The molecule has 1 aromatic rings. The van der Waals surface area contributed by atoms with Gasteiger partial charge in [-0.1, -0.05) is 11.8 Å². The number of esters is 1. The molecule has 0 atom stereocenters. The second-order valence-corrected chi connectivity index (χ2v) is 3.83. The molecule has 0 spiro atoms. The maximum atomic E-state index is 11.4. The Kier molecular flexibility index (Phi) is 3.35. The van der Waals surface area contributed by atoms with Crippen molar-refractivity contribution in [2.24, 2.45) is 7.05 Å². The summed E-state index contributed by atoms with van der Waals surface area (Å²) in [5.41, 5.74) is -0.390. The van der Waals surface area contributed by atoms with Crippen LogP contribution in [0.15, 0.2) is 6.20 Å². The highest BCUT2D eigenvalue weighted by atomic mass is 16.5. The fourth-order valence-corrected chi connectivity index (χ4v) is 1.09. The molecule has 0 saturated heterocycles. The molecule has 1 aromatic heterocycles. The molecule has 0 fully saturated rings. The van der Waals surface area contributed by atoms with E-state index < -0.39 is 11.6 Å². The number of nitrogens with zero attached hydrogens (tertiary/aromatic N) is 2. The first-order valence-electron chi connectivity index (χ1n) is 4.71. The number of rotatable bonds is 1. The molecule has 1 heterocycles. The zero-order chi connectivity index (χ0) is 12.3. The standard InChI is InChI=1S/C11H14N2O3/c1-11(2,15)6-5-8-7-12-13(3)9(8)10(14)16-4/h7,15H,1-4H3. The first kappa shape index (κ1) is 12.3. The van der Waals surface area contributed by atoms with E-state index in [2.05, 4.69) is 21.7 Å². The average molecular weight is 222 g/mol. The van der Waals surface area contributed by atoms with E-state index in [0.29, 0.717) is 5.56 Å². The predicted octanol–water partition coefficient (Wildman–Crippen LogP) is 0.329. The number of aryl methyl sites for hydroxylation is 1. The van der Waals surface area contributed by atoms with Crippen LogP contribution in [-0.4, -0.2) is 33.6 Å². The Morgan fingerprint density at radius 1 is 1.62 bits per heavy atom. The molecule has 5 heteroatoms. The van der Waals surface area contributed by atoms with Gasteiger partial charge in [0, 0.05) is 7.05 Å². The smallest absolute Gasteiger partial charge is 0.357 e. The normalized spacial score (nSPS) is 10.6. The summed E-state index contributed by atoms with van der Waals surface area (Å²) in [6.45, 7) is 3.13. The van der Waals surface area contributed by atoms with Crippen molar-refractivity contribution in [3.63, 3.8) is 0 Å². The van der Waals surface area contributed by atoms with Crippen molar-refractivity contribution in [3.05, 3.63) is 17.5 Å². The quantitative estimate of drug-likeness (QED) is 0.549. The molecule has 0 aliphatic carbocycles. The van der Waals surface area contributed by atoms with Gasteiger partial charge in [-0.3, -0.25) is 4.68 Å². The summed E-state index contributed by atoms with van der Waals surface area (Å²) in [4.78, 5) is 11.4. The van der Waals surface area contributed by atoms with Crippen molar-refractivity contribution < 1.29 is 14.6 Å². The number of carbonyl (C=O) groups is 1. The van der Waals surface area contributed by atoms with Crippen LogP contribution < -0.4 is 0 Å². The minimum Gasteiger partial charge on any atom is -0.464 e. The Balaban J connectivity index is 3.15. The SMILES string of the molecule is COC(=O)c1c(C#CC(C)(C)O)cnn1C. The fourth-order valence-electron chi connectivity index (χ4n) is 1.09. The van der Waals surface area contributed by atoms with Crippen molar-refractivity contribution in [2.75, 3.05) is 7.11 Å². The Hall–Kier alpha value is -1.80. The molecule has 1 N–H and O–H groups in total. The summed E-state index contributed by atoms with van der Waals surface area (Å²) < 4.78 is 6.01. The van der Waals surface area contributed by atoms with Crippen LogP contribution >= 0.6 is 0 Å². The lowest BCUT2D eigenvalue weighted by Gasteiger charge is -2.06. The molecule has 0 bridgehead atoms. The van der Waals surface area contributed by atoms with Gasteiger partial charge in [-0.25, -0.2) is 4.79 Å². The number of carbonyl (C=O) groups excluding carboxylic acids is 1. The number of hydrogen-bond acceptors (Lipinski definition) is 4. The van der Waals surface area contributed by atoms with Gasteiger partial charge in [-0.15, -0.1) is 0 Å². The predicted molar refractivity (Wildman–Crippen MR) is 57.7 cm³/mol. The minimum atomic E-state index is -1.11. The maximum absolute atomic E-state index is 11.4. The van der Waals surface area contributed by atoms with Crippen LogP contribution in [0.5, 0.6) is 0 Å². The van der Waals surface area contributed by atoms with Crippen molar-refractivity contribution in [1.29, 1.82) is 0 Å². The van der Waals surface area contributed by atoms with Crippen LogP contribution in [-0.2, 0) is 11.8 Å². The van der Waals surface area contributed by atoms with E-state index >= 15 is 0 Å². The first-order valence-corrected chi connectivity index (χ1v) is 4.71. The Morgan fingerprint density at radius 2 is 2.25 bits per heavy atom. The third-order valence-electron chi connectivity index (χ3n) is 1.82. The van der Waals surface area contributed by atoms with Crippen LogP contribution in [0.25, 0.3) is 0 Å². The van der Waals surface area contributed by atoms with Gasteiger partial charge in [0.15, 0.2) is 5.69 Å². The highest BCUT2D eigenvalue weighted by molar-refractivity contribution is 5.90. The molecule has 0 unspecified atom stereocenters. The lowest BCUT2D eigenvalue weighted by Crippen LogP contribution is -2.15. The van der Waals surface area contributed by atoms with Crippen LogP contribution in [0, 0.1) is 11.8 Å². The second kappa shape index (κ2) is 4.37. The Labute approximate surface area is 94.0 Å². The summed E-state index contributed by atoms with van der Waals surface area (Å²) in [5.74, 6) is 4.82. The average Bonchev–Trinajstić information content (AvgIpc) is 2.54. The summed E-state index contributed by atoms with van der Waals surface area (Å²) in [7, 11) is 2.92. The van der Waals surface area contributed by atoms with Gasteiger partial charge in [0.2, 0.25) is 0 Å². The molecule has 0 aliphatic heterocycles. The van der Waals surface area contributed by atoms with E-state index in [1.165, 1.54) is 18.0 Å². The van der Waals surface area contributed by atoms with E-state index in [1.807, 2.05) is 0 Å². The van der Waals surface area contributed by atoms with Crippen molar-refractivity contribution in [1.82, 2.24) is 9.78 Å². The lowest BCUT2D eigenvalue weighted by molar-refractivity contribution is 0.0588. The van der Waals surface area contributed by atoms with E-state index in [-0.39, 0.29) is 5.69 Å². The number of ether oxygens (including phenoxy) is 1. The molecule has 1 rings (SSSR count). The summed E-state index contributed by atoms with van der Waals surface area (Å²) >= 11 is 0. The summed E-state index contributed by atoms with van der Waals surface area (Å²) in [5, 5.41) is 13.4. The van der Waals surface area contributed by atoms with Crippen LogP contribution in [0.2, 0.25) is 0 Å². The molecule has 16 heavy (non-hydrogen) atoms. The van der Waals surface area contributed by atoms with Gasteiger partial charge in [0.25, 0.3) is 0 Å². The molecule has 86 valence electrons. The third kappa shape index (κ3) is 2.84. The van der Waals surface area contributed by atoms with E-state index in [4.69, 9.17) is 0 Å². The molecule has 5 nitrogen and oxygen atoms in total. The summed E-state index contributed by atoms with van der Waals surface area (Å²) in [6.07, 6.45) is 1.46. The number of aliphatic hydroxyl groups is 1. The largest absolute Gasteiger partial charge is 0.464 e. The van der Waals surface area contributed by atoms with Gasteiger partial charge in [0.1, 0.15) is 5.60 Å². The van der Waals surface area contributed by atoms with Crippen LogP contribution in [0.1, 0.15) is 29.9 Å². The maximum Gasteiger partial charge on any atom is 0.357 e. The van der Waals surface area contributed by atoms with Gasteiger partial charge < -0.3 is 9.84 Å². The number of methoxy groups -OCH3 is 1. The van der Waals surface area contributed by atoms with Crippen molar-refractivity contribution >= 4 is 5.97 Å². The molecular weight excluding hydrogens is 208 g/mol. The van der Waals surface area contributed by atoms with Gasteiger partial charge >= 0.3 is 5.97 Å². The van der Waals surface area contributed by atoms with Crippen LogP contribution in [0.4, 0.5) is 0 Å². The molecule has 0 radical (unpaired) electrons. The van der Waals surface area contributed by atoms with Gasteiger partial charge in [-0.2, -0.15) is 5.10 Å². The van der Waals surface area contributed by atoms with E-state index in [1.54, 1.807) is 20.9 Å². The second-order valence-electron chi connectivity index (χ2n) is 3.83. The first-order chi connectivity index (χ1) is 7.35. The molecule has 0 saturated carbocycles. The number of hydrogen-bond donors (Lipinski definition) is 1. The third-order valence-corrected chi connectivity index (χ3v) is 1.82. The highest BCUT2D eigenvalue weighted by Crippen LogP contribution is 2.08.